The van der Waals surface area contributed by atoms with E-state index in [1.165, 1.54) is 0 Å². The third kappa shape index (κ3) is 3.21. The van der Waals surface area contributed by atoms with Crippen LogP contribution in [0.25, 0.3) is 0 Å². The Labute approximate surface area is 154 Å². The first-order valence-electron chi connectivity index (χ1n) is 7.92. The van der Waals surface area contributed by atoms with E-state index in [1.807, 2.05) is 5.32 Å². The van der Waals surface area contributed by atoms with Crippen LogP contribution in [-0.4, -0.2) is 84.7 Å². The van der Waals surface area contributed by atoms with Gasteiger partial charge in [0, 0.05) is 13.8 Å². The minimum Gasteiger partial charge on any atom is -0.382 e. The van der Waals surface area contributed by atoms with Gasteiger partial charge in [0.2, 0.25) is 5.91 Å². The standard InChI is InChI=1S/C16H23NO10/c1-6(18)11(23)12-14(24,7(2)19)15(25,8(3)20)13(17-10(5)22)16(26,27-12)9(4)21/h11-13,23-26H,1-5H3,(H,17,22)/t11?,12-,13+,14+,15-,16+/m1/s1. The van der Waals surface area contributed by atoms with Gasteiger partial charge in [0.1, 0.15) is 18.2 Å². The number of amides is 1. The van der Waals surface area contributed by atoms with Crippen molar-refractivity contribution in [2.45, 2.75) is 69.9 Å². The van der Waals surface area contributed by atoms with Gasteiger partial charge in [0.05, 0.1) is 0 Å². The summed E-state index contributed by atoms with van der Waals surface area (Å²) in [6, 6.07) is -2.32. The molecular weight excluding hydrogens is 366 g/mol. The van der Waals surface area contributed by atoms with Gasteiger partial charge in [-0.25, -0.2) is 0 Å². The molecule has 27 heavy (non-hydrogen) atoms. The molecule has 1 fully saturated rings. The topological polar surface area (TPSA) is 188 Å². The first-order valence-corrected chi connectivity index (χ1v) is 7.92. The molecular formula is C16H23NO10. The highest BCUT2D eigenvalue weighted by Gasteiger charge is 2.76. The van der Waals surface area contributed by atoms with E-state index in [4.69, 9.17) is 4.74 Å². The number of Topliss-reactive ketones (excluding diaryl/α,β-unsaturated/α-hetero) is 4. The molecule has 0 aromatic heterocycles. The number of aliphatic hydroxyl groups is 4. The van der Waals surface area contributed by atoms with Crippen molar-refractivity contribution < 1.29 is 49.1 Å². The average Bonchev–Trinajstić information content (AvgIpc) is 2.53. The van der Waals surface area contributed by atoms with E-state index in [0.717, 1.165) is 34.6 Å². The van der Waals surface area contributed by atoms with Crippen LogP contribution < -0.4 is 5.32 Å². The average molecular weight is 389 g/mol. The van der Waals surface area contributed by atoms with Crippen molar-refractivity contribution in [1.82, 2.24) is 5.32 Å². The molecule has 0 aliphatic carbocycles. The maximum atomic E-state index is 12.3. The Balaban J connectivity index is 3.95. The normalized spacial score (nSPS) is 37.2. The van der Waals surface area contributed by atoms with Crippen LogP contribution in [0.5, 0.6) is 0 Å². The molecule has 152 valence electrons. The van der Waals surface area contributed by atoms with E-state index < -0.39 is 64.3 Å². The van der Waals surface area contributed by atoms with Crippen molar-refractivity contribution in [3.05, 3.63) is 0 Å². The molecule has 1 saturated heterocycles. The van der Waals surface area contributed by atoms with Gasteiger partial charge in [-0.05, 0) is 20.8 Å². The molecule has 0 spiro atoms. The highest BCUT2D eigenvalue weighted by molar-refractivity contribution is 6.02. The first-order chi connectivity index (χ1) is 12.1. The molecule has 0 aromatic rings. The molecule has 6 atom stereocenters. The van der Waals surface area contributed by atoms with Crippen molar-refractivity contribution >= 4 is 29.0 Å². The second-order valence-corrected chi connectivity index (χ2v) is 6.63. The summed E-state index contributed by atoms with van der Waals surface area (Å²) in [7, 11) is 0. The van der Waals surface area contributed by atoms with Crippen molar-refractivity contribution in [3.8, 4) is 0 Å². The number of nitrogens with one attached hydrogen (secondary N) is 1. The number of carbonyl (C=O) groups excluding carboxylic acids is 5. The maximum absolute atomic E-state index is 12.3. The van der Waals surface area contributed by atoms with E-state index in [-0.39, 0.29) is 0 Å². The van der Waals surface area contributed by atoms with Crippen LogP contribution in [0.1, 0.15) is 34.6 Å². The molecule has 0 radical (unpaired) electrons. The van der Waals surface area contributed by atoms with Gasteiger partial charge >= 0.3 is 0 Å². The Morgan fingerprint density at radius 1 is 0.852 bits per heavy atom. The molecule has 5 N–H and O–H groups in total. The van der Waals surface area contributed by atoms with Gasteiger partial charge in [-0.15, -0.1) is 0 Å². The third-order valence-corrected chi connectivity index (χ3v) is 4.74. The van der Waals surface area contributed by atoms with Gasteiger partial charge in [-0.2, -0.15) is 0 Å². The lowest BCUT2D eigenvalue weighted by molar-refractivity contribution is -0.344. The van der Waals surface area contributed by atoms with Crippen LogP contribution in [0.15, 0.2) is 0 Å². The van der Waals surface area contributed by atoms with Crippen LogP contribution in [0.4, 0.5) is 0 Å². The Bertz CT molecular complexity index is 705. The summed E-state index contributed by atoms with van der Waals surface area (Å²) >= 11 is 0. The lowest BCUT2D eigenvalue weighted by Gasteiger charge is -2.57. The molecule has 1 rings (SSSR count). The number of hydrogen-bond donors (Lipinski definition) is 5. The minimum absolute atomic E-state index is 0.728. The Morgan fingerprint density at radius 3 is 1.59 bits per heavy atom. The van der Waals surface area contributed by atoms with Crippen LogP contribution in [0.2, 0.25) is 0 Å². The van der Waals surface area contributed by atoms with Gasteiger partial charge in [-0.1, -0.05) is 0 Å². The maximum Gasteiger partial charge on any atom is 0.251 e. The summed E-state index contributed by atoms with van der Waals surface area (Å²) in [6.45, 7) is 4.02. The summed E-state index contributed by atoms with van der Waals surface area (Å²) in [5.41, 5.74) is -6.59. The molecule has 0 bridgehead atoms. The van der Waals surface area contributed by atoms with Gasteiger partial charge in [0.25, 0.3) is 5.79 Å². The lowest BCUT2D eigenvalue weighted by atomic mass is 9.63. The highest BCUT2D eigenvalue weighted by atomic mass is 16.7. The minimum atomic E-state index is -3.32. The van der Waals surface area contributed by atoms with E-state index in [1.54, 1.807) is 0 Å². The number of aliphatic hydroxyl groups excluding tert-OH is 1. The van der Waals surface area contributed by atoms with Crippen LogP contribution in [0, 0.1) is 0 Å². The number of carbonyl (C=O) groups is 5. The van der Waals surface area contributed by atoms with Crippen LogP contribution >= 0.6 is 0 Å². The zero-order valence-electron chi connectivity index (χ0n) is 15.5. The lowest BCUT2D eigenvalue weighted by Crippen LogP contribution is -2.87. The second-order valence-electron chi connectivity index (χ2n) is 6.63. The van der Waals surface area contributed by atoms with Crippen LogP contribution in [-0.2, 0) is 28.7 Å². The predicted molar refractivity (Wildman–Crippen MR) is 86.1 cm³/mol. The first kappa shape index (κ1) is 23.0. The van der Waals surface area contributed by atoms with E-state index in [9.17, 15) is 44.4 Å². The predicted octanol–water partition coefficient (Wildman–Crippen LogP) is -3.24. The smallest absolute Gasteiger partial charge is 0.251 e. The molecule has 0 aromatic carbocycles. The summed E-state index contributed by atoms with van der Waals surface area (Å²) in [4.78, 5) is 59.8. The Morgan fingerprint density at radius 2 is 1.30 bits per heavy atom. The molecule has 11 heteroatoms. The van der Waals surface area contributed by atoms with Crippen LogP contribution in [0.3, 0.4) is 0 Å². The fourth-order valence-corrected chi connectivity index (χ4v) is 3.21. The molecule has 1 unspecified atom stereocenters. The Hall–Kier alpha value is -2.05. The van der Waals surface area contributed by atoms with Crippen molar-refractivity contribution in [2.75, 3.05) is 0 Å². The summed E-state index contributed by atoms with van der Waals surface area (Å²) in [5.74, 6) is -9.01. The number of ether oxygens (including phenoxy) is 1. The molecule has 0 saturated carbocycles. The molecule has 1 heterocycles. The van der Waals surface area contributed by atoms with Crippen molar-refractivity contribution in [1.29, 1.82) is 0 Å². The quantitative estimate of drug-likeness (QED) is 0.309. The van der Waals surface area contributed by atoms with Gasteiger partial charge in [-0.3, -0.25) is 24.0 Å². The number of rotatable bonds is 6. The van der Waals surface area contributed by atoms with Gasteiger partial charge < -0.3 is 30.5 Å². The monoisotopic (exact) mass is 389 g/mol. The largest absolute Gasteiger partial charge is 0.382 e. The number of ketones is 4. The summed E-state index contributed by atoms with van der Waals surface area (Å²) in [6.07, 6.45) is -4.69. The van der Waals surface area contributed by atoms with E-state index >= 15 is 0 Å². The molecule has 1 aliphatic heterocycles. The fraction of sp³-hybridized carbons (Fsp3) is 0.688. The second kappa shape index (κ2) is 7.17. The SMILES string of the molecule is CC(=O)N[C@@H]1[C@](O)(C(C)=O)O[C@H](C(O)C(C)=O)[C@@](O)(C(C)=O)[C@@]1(O)C(C)=O. The summed E-state index contributed by atoms with van der Waals surface area (Å²) in [5, 5.41) is 44.8. The van der Waals surface area contributed by atoms with E-state index in [0.29, 0.717) is 0 Å². The molecule has 1 aliphatic rings. The zero-order chi connectivity index (χ0) is 21.5. The van der Waals surface area contributed by atoms with E-state index in [2.05, 4.69) is 0 Å². The van der Waals surface area contributed by atoms with Crippen molar-refractivity contribution in [2.24, 2.45) is 0 Å². The zero-order valence-corrected chi connectivity index (χ0v) is 15.5. The summed E-state index contributed by atoms with van der Waals surface area (Å²) < 4.78 is 5.03. The molecule has 1 amide bonds. The molecule has 11 nitrogen and oxygen atoms in total. The highest BCUT2D eigenvalue weighted by Crippen LogP contribution is 2.45. The fourth-order valence-electron chi connectivity index (χ4n) is 3.21. The van der Waals surface area contributed by atoms with Gasteiger partial charge in [0.15, 0.2) is 34.3 Å². The number of hydrogen-bond acceptors (Lipinski definition) is 10. The Kier molecular flexibility index (Phi) is 6.10. The third-order valence-electron chi connectivity index (χ3n) is 4.74. The van der Waals surface area contributed by atoms with Crippen molar-refractivity contribution in [3.63, 3.8) is 0 Å².